The highest BCUT2D eigenvalue weighted by Gasteiger charge is 2.20. The number of benzene rings is 2. The highest BCUT2D eigenvalue weighted by atomic mass is 16.2. The molecule has 0 unspecified atom stereocenters. The van der Waals surface area contributed by atoms with Gasteiger partial charge in [0.05, 0.1) is 0 Å². The molecule has 0 spiro atoms. The fraction of sp³-hybridized carbons (Fsp3) is 0.318. The Morgan fingerprint density at radius 1 is 1.08 bits per heavy atom. The second-order valence-electron chi connectivity index (χ2n) is 6.77. The topological polar surface area (TPSA) is 34.0 Å². The third-order valence-electron chi connectivity index (χ3n) is 4.80. The summed E-state index contributed by atoms with van der Waals surface area (Å²) in [5.74, 6) is -0.0308. The summed E-state index contributed by atoms with van der Waals surface area (Å²) in [5.41, 5.74) is 6.12. The molecule has 1 amide bonds. The van der Waals surface area contributed by atoms with Crippen LogP contribution in [0.2, 0.25) is 0 Å². The number of aryl methyl sites for hydroxylation is 4. The molecule has 3 rings (SSSR count). The molecule has 0 radical (unpaired) electrons. The summed E-state index contributed by atoms with van der Waals surface area (Å²) in [6.45, 7) is 9.17. The number of carbonyl (C=O) groups is 1. The van der Waals surface area contributed by atoms with Crippen molar-refractivity contribution in [2.45, 2.75) is 47.1 Å². The van der Waals surface area contributed by atoms with E-state index in [-0.39, 0.29) is 5.91 Å². The maximum atomic E-state index is 13.1. The van der Waals surface area contributed by atoms with Crippen molar-refractivity contribution in [3.63, 3.8) is 0 Å². The van der Waals surface area contributed by atoms with E-state index in [9.17, 15) is 4.79 Å². The molecule has 0 aliphatic rings. The molecule has 1 heterocycles. The number of anilines is 1. The van der Waals surface area contributed by atoms with E-state index in [1.54, 1.807) is 0 Å². The molecular weight excluding hydrogens is 308 g/mol. The van der Waals surface area contributed by atoms with E-state index in [0.717, 1.165) is 52.8 Å². The second kappa shape index (κ2) is 7.14. The zero-order valence-corrected chi connectivity index (χ0v) is 15.5. The number of nitrogens with zero attached hydrogens (tertiary/aromatic N) is 1. The van der Waals surface area contributed by atoms with E-state index in [0.29, 0.717) is 0 Å². The molecule has 3 nitrogen and oxygen atoms in total. The summed E-state index contributed by atoms with van der Waals surface area (Å²) in [4.78, 5) is 13.1. The predicted octanol–water partition coefficient (Wildman–Crippen LogP) is 5.62. The smallest absolute Gasteiger partial charge is 0.272 e. The number of fused-ring (bicyclic) bond motifs is 1. The summed E-state index contributed by atoms with van der Waals surface area (Å²) < 4.78 is 2.17. The number of rotatable bonds is 5. The van der Waals surface area contributed by atoms with Crippen LogP contribution >= 0.6 is 0 Å². The number of nitrogens with one attached hydrogen (secondary N) is 1. The number of hydrogen-bond donors (Lipinski definition) is 1. The molecule has 0 atom stereocenters. The predicted molar refractivity (Wildman–Crippen MR) is 105 cm³/mol. The maximum absolute atomic E-state index is 13.1. The average molecular weight is 334 g/mol. The standard InChI is InChI=1S/C22H26N2O/c1-5-6-13-24-20-10-8-7-9-18(20)17(4)21(24)22(25)23-19-12-11-15(2)14-16(19)3/h7-12,14H,5-6,13H2,1-4H3,(H,23,25). The van der Waals surface area contributed by atoms with Gasteiger partial charge in [-0.05, 0) is 50.5 Å². The van der Waals surface area contributed by atoms with Crippen LogP contribution in [0.25, 0.3) is 10.9 Å². The molecule has 1 N–H and O–H groups in total. The van der Waals surface area contributed by atoms with E-state index in [1.165, 1.54) is 5.56 Å². The Bertz CT molecular complexity index is 921. The van der Waals surface area contributed by atoms with Gasteiger partial charge in [-0.3, -0.25) is 4.79 Å². The minimum absolute atomic E-state index is 0.0308. The fourth-order valence-corrected chi connectivity index (χ4v) is 3.45. The van der Waals surface area contributed by atoms with E-state index >= 15 is 0 Å². The number of para-hydroxylation sites is 1. The van der Waals surface area contributed by atoms with Gasteiger partial charge in [0.15, 0.2) is 0 Å². The molecule has 0 bridgehead atoms. The largest absolute Gasteiger partial charge is 0.336 e. The Balaban J connectivity index is 2.04. The first-order chi connectivity index (χ1) is 12.0. The van der Waals surface area contributed by atoms with Crippen LogP contribution in [0.1, 0.15) is 46.9 Å². The minimum Gasteiger partial charge on any atom is -0.336 e. The van der Waals surface area contributed by atoms with Crippen molar-refractivity contribution in [3.05, 3.63) is 64.8 Å². The summed E-state index contributed by atoms with van der Waals surface area (Å²) in [7, 11) is 0. The van der Waals surface area contributed by atoms with Crippen LogP contribution in [0.4, 0.5) is 5.69 Å². The van der Waals surface area contributed by atoms with Crippen LogP contribution in [0.15, 0.2) is 42.5 Å². The third-order valence-corrected chi connectivity index (χ3v) is 4.80. The van der Waals surface area contributed by atoms with Crippen LogP contribution in [0.5, 0.6) is 0 Å². The SMILES string of the molecule is CCCCn1c(C(=O)Nc2ccc(C)cc2C)c(C)c2ccccc21. The van der Waals surface area contributed by atoms with Gasteiger partial charge in [0.1, 0.15) is 5.69 Å². The van der Waals surface area contributed by atoms with Crippen LogP contribution in [-0.4, -0.2) is 10.5 Å². The Kier molecular flexibility index (Phi) is 4.93. The molecule has 0 saturated heterocycles. The Morgan fingerprint density at radius 3 is 2.56 bits per heavy atom. The van der Waals surface area contributed by atoms with Gasteiger partial charge in [-0.2, -0.15) is 0 Å². The summed E-state index contributed by atoms with van der Waals surface area (Å²) in [5, 5.41) is 4.27. The Labute approximate surface area is 149 Å². The van der Waals surface area contributed by atoms with Gasteiger partial charge in [0.25, 0.3) is 5.91 Å². The van der Waals surface area contributed by atoms with Gasteiger partial charge in [0.2, 0.25) is 0 Å². The van der Waals surface area contributed by atoms with E-state index < -0.39 is 0 Å². The molecule has 0 aliphatic heterocycles. The fourth-order valence-electron chi connectivity index (χ4n) is 3.45. The van der Waals surface area contributed by atoms with Crippen molar-refractivity contribution >= 4 is 22.5 Å². The number of amides is 1. The van der Waals surface area contributed by atoms with Crippen LogP contribution < -0.4 is 5.32 Å². The van der Waals surface area contributed by atoms with Crippen LogP contribution in [0, 0.1) is 20.8 Å². The van der Waals surface area contributed by atoms with Gasteiger partial charge in [0, 0.05) is 23.1 Å². The summed E-state index contributed by atoms with van der Waals surface area (Å²) in [6, 6.07) is 14.4. The van der Waals surface area contributed by atoms with Crippen molar-refractivity contribution in [1.29, 1.82) is 0 Å². The third kappa shape index (κ3) is 3.32. The molecule has 0 aliphatic carbocycles. The lowest BCUT2D eigenvalue weighted by molar-refractivity contribution is 0.101. The maximum Gasteiger partial charge on any atom is 0.272 e. The van der Waals surface area contributed by atoms with Gasteiger partial charge in [-0.15, -0.1) is 0 Å². The number of unbranched alkanes of at least 4 members (excludes halogenated alkanes) is 1. The summed E-state index contributed by atoms with van der Waals surface area (Å²) >= 11 is 0. The highest BCUT2D eigenvalue weighted by Crippen LogP contribution is 2.27. The van der Waals surface area contributed by atoms with Gasteiger partial charge >= 0.3 is 0 Å². The van der Waals surface area contributed by atoms with Crippen molar-refractivity contribution in [3.8, 4) is 0 Å². The first-order valence-corrected chi connectivity index (χ1v) is 8.99. The zero-order valence-electron chi connectivity index (χ0n) is 15.5. The number of aromatic nitrogens is 1. The van der Waals surface area contributed by atoms with Crippen molar-refractivity contribution in [2.75, 3.05) is 5.32 Å². The number of carbonyl (C=O) groups excluding carboxylic acids is 1. The first kappa shape index (κ1) is 17.3. The minimum atomic E-state index is -0.0308. The normalized spacial score (nSPS) is 11.0. The molecule has 0 fully saturated rings. The quantitative estimate of drug-likeness (QED) is 0.645. The van der Waals surface area contributed by atoms with Crippen molar-refractivity contribution in [2.24, 2.45) is 0 Å². The van der Waals surface area contributed by atoms with Crippen LogP contribution in [0.3, 0.4) is 0 Å². The molecule has 25 heavy (non-hydrogen) atoms. The molecule has 3 heteroatoms. The van der Waals surface area contributed by atoms with E-state index in [4.69, 9.17) is 0 Å². The molecular formula is C22H26N2O. The average Bonchev–Trinajstić information content (AvgIpc) is 2.88. The highest BCUT2D eigenvalue weighted by molar-refractivity contribution is 6.08. The molecule has 3 aromatic rings. The van der Waals surface area contributed by atoms with Gasteiger partial charge in [-0.1, -0.05) is 49.2 Å². The van der Waals surface area contributed by atoms with Gasteiger partial charge in [-0.25, -0.2) is 0 Å². The van der Waals surface area contributed by atoms with E-state index in [2.05, 4.69) is 41.9 Å². The number of hydrogen-bond acceptors (Lipinski definition) is 1. The Hall–Kier alpha value is -2.55. The monoisotopic (exact) mass is 334 g/mol. The molecule has 130 valence electrons. The molecule has 1 aromatic heterocycles. The Morgan fingerprint density at radius 2 is 1.84 bits per heavy atom. The van der Waals surface area contributed by atoms with Gasteiger partial charge < -0.3 is 9.88 Å². The lowest BCUT2D eigenvalue weighted by atomic mass is 10.1. The van der Waals surface area contributed by atoms with Crippen LogP contribution in [-0.2, 0) is 6.54 Å². The van der Waals surface area contributed by atoms with Crippen molar-refractivity contribution in [1.82, 2.24) is 4.57 Å². The van der Waals surface area contributed by atoms with E-state index in [1.807, 2.05) is 38.1 Å². The zero-order chi connectivity index (χ0) is 18.0. The summed E-state index contributed by atoms with van der Waals surface area (Å²) in [6.07, 6.45) is 2.16. The lowest BCUT2D eigenvalue weighted by Crippen LogP contribution is -2.19. The molecule has 0 saturated carbocycles. The first-order valence-electron chi connectivity index (χ1n) is 8.99. The lowest BCUT2D eigenvalue weighted by Gasteiger charge is -2.13. The molecule has 2 aromatic carbocycles. The van der Waals surface area contributed by atoms with Crippen molar-refractivity contribution < 1.29 is 4.79 Å². The second-order valence-corrected chi connectivity index (χ2v) is 6.77.